The summed E-state index contributed by atoms with van der Waals surface area (Å²) in [6.45, 7) is 8.49. The summed E-state index contributed by atoms with van der Waals surface area (Å²) in [5.74, 6) is 0. The van der Waals surface area contributed by atoms with Crippen LogP contribution in [0, 0.1) is 6.92 Å². The van der Waals surface area contributed by atoms with Crippen LogP contribution in [0.3, 0.4) is 0 Å². The summed E-state index contributed by atoms with van der Waals surface area (Å²) in [6.07, 6.45) is 4.23. The van der Waals surface area contributed by atoms with Crippen LogP contribution in [0.25, 0.3) is 22.3 Å². The first kappa shape index (κ1) is 20.7. The van der Waals surface area contributed by atoms with Crippen LogP contribution >= 0.6 is 15.9 Å². The minimum absolute atomic E-state index is 0.413. The third kappa shape index (κ3) is 3.04. The van der Waals surface area contributed by atoms with Crippen molar-refractivity contribution in [2.45, 2.75) is 19.3 Å². The SMILES string of the molecule is C=C/C(=C\C)C1(c2ccc(C)cc2)c2cc(Br)ccc2-c2ccc(-c3ccccc3)cc21. The zero-order valence-corrected chi connectivity index (χ0v) is 20.0. The molecule has 0 spiro atoms. The van der Waals surface area contributed by atoms with E-state index < -0.39 is 5.41 Å². The minimum Gasteiger partial charge on any atom is -0.0987 e. The van der Waals surface area contributed by atoms with Crippen molar-refractivity contribution in [2.75, 3.05) is 0 Å². The molecule has 4 aromatic rings. The first-order valence-electron chi connectivity index (χ1n) is 11.0. The number of fused-ring (bicyclic) bond motifs is 3. The Labute approximate surface area is 199 Å². The smallest absolute Gasteiger partial charge is 0.0710 e. The van der Waals surface area contributed by atoms with Crippen molar-refractivity contribution in [1.82, 2.24) is 0 Å². The van der Waals surface area contributed by atoms with Crippen LogP contribution in [0.5, 0.6) is 0 Å². The van der Waals surface area contributed by atoms with Gasteiger partial charge in [0.1, 0.15) is 0 Å². The van der Waals surface area contributed by atoms with Crippen molar-refractivity contribution in [3.8, 4) is 22.3 Å². The van der Waals surface area contributed by atoms with Crippen LogP contribution < -0.4 is 0 Å². The van der Waals surface area contributed by atoms with Gasteiger partial charge in [0.2, 0.25) is 0 Å². The van der Waals surface area contributed by atoms with Gasteiger partial charge in [0.15, 0.2) is 0 Å². The second-order valence-electron chi connectivity index (χ2n) is 8.38. The number of allylic oxidation sites excluding steroid dienone is 3. The molecule has 1 aliphatic carbocycles. The second kappa shape index (κ2) is 8.07. The molecule has 0 amide bonds. The highest BCUT2D eigenvalue weighted by Crippen LogP contribution is 2.57. The van der Waals surface area contributed by atoms with E-state index in [0.29, 0.717) is 0 Å². The fourth-order valence-electron chi connectivity index (χ4n) is 5.19. The summed E-state index contributed by atoms with van der Waals surface area (Å²) in [4.78, 5) is 0. The molecule has 0 radical (unpaired) electrons. The fourth-order valence-corrected chi connectivity index (χ4v) is 5.55. The molecule has 32 heavy (non-hydrogen) atoms. The summed E-state index contributed by atoms with van der Waals surface area (Å²) in [5.41, 5.74) is 10.9. The molecule has 4 aromatic carbocycles. The van der Waals surface area contributed by atoms with Crippen LogP contribution in [0.15, 0.2) is 120 Å². The summed E-state index contributed by atoms with van der Waals surface area (Å²) >= 11 is 3.74. The Hall–Kier alpha value is -3.16. The quantitative estimate of drug-likeness (QED) is 0.258. The molecule has 0 bridgehead atoms. The third-order valence-corrected chi connectivity index (χ3v) is 7.15. The summed E-state index contributed by atoms with van der Waals surface area (Å²) in [5, 5.41) is 0. The lowest BCUT2D eigenvalue weighted by Crippen LogP contribution is -2.29. The highest BCUT2D eigenvalue weighted by Gasteiger charge is 2.46. The van der Waals surface area contributed by atoms with Crippen LogP contribution in [0.2, 0.25) is 0 Å². The Kier molecular flexibility index (Phi) is 5.23. The number of hydrogen-bond acceptors (Lipinski definition) is 0. The average Bonchev–Trinajstić information content (AvgIpc) is 3.11. The number of rotatable bonds is 4. The lowest BCUT2D eigenvalue weighted by molar-refractivity contribution is 0.765. The largest absolute Gasteiger partial charge is 0.0987 e. The molecule has 156 valence electrons. The zero-order valence-electron chi connectivity index (χ0n) is 18.4. The van der Waals surface area contributed by atoms with Crippen molar-refractivity contribution in [3.05, 3.63) is 142 Å². The van der Waals surface area contributed by atoms with E-state index in [2.05, 4.69) is 133 Å². The minimum atomic E-state index is -0.413. The van der Waals surface area contributed by atoms with Gasteiger partial charge in [0, 0.05) is 4.47 Å². The predicted molar refractivity (Wildman–Crippen MR) is 140 cm³/mol. The Balaban J connectivity index is 1.92. The standard InChI is InChI=1S/C31H25Br/c1-4-24(5-2)31(25-14-11-21(3)12-15-25)29-19-23(22-9-7-6-8-10-22)13-17-27(29)28-18-16-26(32)20-30(28)31/h4-20H,1H2,2-3H3/b24-5+. The molecule has 0 aliphatic heterocycles. The molecule has 1 atom stereocenters. The average molecular weight is 477 g/mol. The molecular formula is C31H25Br. The van der Waals surface area contributed by atoms with Crippen LogP contribution in [-0.4, -0.2) is 0 Å². The van der Waals surface area contributed by atoms with Gasteiger partial charge in [-0.05, 0) is 76.6 Å². The summed E-state index contributed by atoms with van der Waals surface area (Å²) < 4.78 is 1.09. The van der Waals surface area contributed by atoms with Crippen molar-refractivity contribution < 1.29 is 0 Å². The Morgan fingerprint density at radius 3 is 2.09 bits per heavy atom. The number of halogens is 1. The molecule has 5 rings (SSSR count). The van der Waals surface area contributed by atoms with Crippen molar-refractivity contribution in [1.29, 1.82) is 0 Å². The van der Waals surface area contributed by atoms with Gasteiger partial charge in [-0.15, -0.1) is 0 Å². The van der Waals surface area contributed by atoms with E-state index in [4.69, 9.17) is 0 Å². The second-order valence-corrected chi connectivity index (χ2v) is 9.30. The molecule has 0 nitrogen and oxygen atoms in total. The number of benzene rings is 4. The summed E-state index contributed by atoms with van der Waals surface area (Å²) in [7, 11) is 0. The van der Waals surface area contributed by atoms with Gasteiger partial charge in [0.05, 0.1) is 5.41 Å². The van der Waals surface area contributed by atoms with E-state index in [0.717, 1.165) is 4.47 Å². The van der Waals surface area contributed by atoms with E-state index in [1.165, 1.54) is 50.1 Å². The predicted octanol–water partition coefficient (Wildman–Crippen LogP) is 8.87. The van der Waals surface area contributed by atoms with Gasteiger partial charge < -0.3 is 0 Å². The number of aryl methyl sites for hydroxylation is 1. The van der Waals surface area contributed by atoms with Gasteiger partial charge in [0.25, 0.3) is 0 Å². The first-order chi connectivity index (χ1) is 15.6. The molecule has 0 fully saturated rings. The topological polar surface area (TPSA) is 0 Å². The lowest BCUT2D eigenvalue weighted by atomic mass is 9.66. The van der Waals surface area contributed by atoms with E-state index in [1.807, 2.05) is 6.08 Å². The van der Waals surface area contributed by atoms with Gasteiger partial charge in [-0.1, -0.05) is 113 Å². The van der Waals surface area contributed by atoms with Crippen LogP contribution in [-0.2, 0) is 5.41 Å². The molecule has 0 heterocycles. The maximum absolute atomic E-state index is 4.23. The summed E-state index contributed by atoms with van der Waals surface area (Å²) in [6, 6.07) is 33.2. The van der Waals surface area contributed by atoms with Gasteiger partial charge in [-0.25, -0.2) is 0 Å². The van der Waals surface area contributed by atoms with Crippen molar-refractivity contribution in [3.63, 3.8) is 0 Å². The number of hydrogen-bond donors (Lipinski definition) is 0. The molecule has 1 aliphatic rings. The van der Waals surface area contributed by atoms with Gasteiger partial charge in [-0.2, -0.15) is 0 Å². The molecule has 0 saturated heterocycles. The van der Waals surface area contributed by atoms with Gasteiger partial charge in [-0.3, -0.25) is 0 Å². The molecule has 0 saturated carbocycles. The maximum Gasteiger partial charge on any atom is 0.0710 e. The van der Waals surface area contributed by atoms with E-state index in [-0.39, 0.29) is 0 Å². The molecule has 1 unspecified atom stereocenters. The fraction of sp³-hybridized carbons (Fsp3) is 0.0968. The van der Waals surface area contributed by atoms with Crippen LogP contribution in [0.4, 0.5) is 0 Å². The molecule has 0 aromatic heterocycles. The molecule has 0 N–H and O–H groups in total. The Bertz CT molecular complexity index is 1340. The molecule has 1 heteroatoms. The third-order valence-electron chi connectivity index (χ3n) is 6.66. The van der Waals surface area contributed by atoms with E-state index in [1.54, 1.807) is 0 Å². The normalized spacial score (nSPS) is 17.0. The Morgan fingerprint density at radius 1 is 0.781 bits per heavy atom. The highest BCUT2D eigenvalue weighted by atomic mass is 79.9. The van der Waals surface area contributed by atoms with E-state index >= 15 is 0 Å². The molecular weight excluding hydrogens is 452 g/mol. The van der Waals surface area contributed by atoms with E-state index in [9.17, 15) is 0 Å². The van der Waals surface area contributed by atoms with Gasteiger partial charge >= 0.3 is 0 Å². The lowest BCUT2D eigenvalue weighted by Gasteiger charge is -2.35. The first-order valence-corrected chi connectivity index (χ1v) is 11.8. The van der Waals surface area contributed by atoms with Crippen LogP contribution in [0.1, 0.15) is 29.2 Å². The Morgan fingerprint density at radius 2 is 1.44 bits per heavy atom. The van der Waals surface area contributed by atoms with Crippen molar-refractivity contribution in [2.24, 2.45) is 0 Å². The highest BCUT2D eigenvalue weighted by molar-refractivity contribution is 9.10. The maximum atomic E-state index is 4.23. The monoisotopic (exact) mass is 476 g/mol. The van der Waals surface area contributed by atoms with Crippen molar-refractivity contribution >= 4 is 15.9 Å². The zero-order chi connectivity index (χ0) is 22.3.